The third kappa shape index (κ3) is 43.6. The molecule has 0 bridgehead atoms. The Hall–Kier alpha value is -1.07. The summed E-state index contributed by atoms with van der Waals surface area (Å²) in [7, 11) is 0. The van der Waals surface area contributed by atoms with E-state index in [2.05, 4.69) is 19.2 Å². The van der Waals surface area contributed by atoms with Gasteiger partial charge in [0, 0.05) is 6.42 Å². The lowest BCUT2D eigenvalue weighted by Crippen LogP contribution is -2.60. The van der Waals surface area contributed by atoms with Gasteiger partial charge in [0.2, 0.25) is 5.91 Å². The Balaban J connectivity index is 2.09. The van der Waals surface area contributed by atoms with E-state index < -0.39 is 49.5 Å². The second kappa shape index (κ2) is 54.3. The number of aliphatic hydroxyl groups is 5. The quantitative estimate of drug-likeness (QED) is 0.0261. The fourth-order valence-corrected chi connectivity index (χ4v) is 10.8. The first kappa shape index (κ1) is 69.9. The molecule has 0 spiro atoms. The third-order valence-electron chi connectivity index (χ3n) is 15.9. The number of allylic oxidation sites excluding steroid dienone is 1. The summed E-state index contributed by atoms with van der Waals surface area (Å²) in [5, 5.41) is 54.6. The molecule has 7 atom stereocenters. The van der Waals surface area contributed by atoms with E-state index >= 15 is 0 Å². The smallest absolute Gasteiger partial charge is 0.220 e. The van der Waals surface area contributed by atoms with Gasteiger partial charge in [0.25, 0.3) is 0 Å². The maximum atomic E-state index is 13.1. The number of aliphatic hydroxyl groups excluding tert-OH is 5. The van der Waals surface area contributed by atoms with Crippen molar-refractivity contribution in [1.29, 1.82) is 0 Å². The minimum atomic E-state index is -1.56. The van der Waals surface area contributed by atoms with E-state index in [0.29, 0.717) is 6.42 Å². The fraction of sp³-hybridized carbons (Fsp3) is 0.953. The molecule has 1 aliphatic heterocycles. The van der Waals surface area contributed by atoms with Crippen molar-refractivity contribution < 1.29 is 39.8 Å². The van der Waals surface area contributed by atoms with E-state index in [9.17, 15) is 30.3 Å². The number of carbonyl (C=O) groups excluding carboxylic acids is 1. The highest BCUT2D eigenvalue weighted by Gasteiger charge is 2.44. The van der Waals surface area contributed by atoms with Crippen LogP contribution in [-0.2, 0) is 14.3 Å². The van der Waals surface area contributed by atoms with Crippen LogP contribution in [0.5, 0.6) is 0 Å². The van der Waals surface area contributed by atoms with E-state index in [1.54, 1.807) is 6.08 Å². The highest BCUT2D eigenvalue weighted by molar-refractivity contribution is 5.76. The molecule has 6 N–H and O–H groups in total. The van der Waals surface area contributed by atoms with E-state index in [0.717, 1.165) is 38.5 Å². The van der Waals surface area contributed by atoms with Gasteiger partial charge in [0.15, 0.2) is 6.29 Å². The van der Waals surface area contributed by atoms with Crippen LogP contribution in [0.15, 0.2) is 12.2 Å². The van der Waals surface area contributed by atoms with Gasteiger partial charge in [0.05, 0.1) is 25.4 Å². The van der Waals surface area contributed by atoms with Crippen LogP contribution in [0.3, 0.4) is 0 Å². The maximum absolute atomic E-state index is 13.1. The van der Waals surface area contributed by atoms with E-state index in [4.69, 9.17) is 9.47 Å². The largest absolute Gasteiger partial charge is 0.394 e. The third-order valence-corrected chi connectivity index (χ3v) is 15.9. The number of ether oxygens (including phenoxy) is 2. The van der Waals surface area contributed by atoms with Crippen molar-refractivity contribution in [3.8, 4) is 0 Å². The van der Waals surface area contributed by atoms with Crippen molar-refractivity contribution in [1.82, 2.24) is 5.32 Å². The van der Waals surface area contributed by atoms with Crippen LogP contribution in [0.4, 0.5) is 0 Å². The summed E-state index contributed by atoms with van der Waals surface area (Å²) < 4.78 is 11.3. The number of hydrogen-bond donors (Lipinski definition) is 6. The Kier molecular flexibility index (Phi) is 52.0. The van der Waals surface area contributed by atoms with Gasteiger partial charge in [-0.05, 0) is 19.3 Å². The zero-order chi connectivity index (χ0) is 52.9. The molecule has 73 heavy (non-hydrogen) atoms. The monoisotopic (exact) mass is 1040 g/mol. The topological polar surface area (TPSA) is 149 Å². The number of nitrogens with one attached hydrogen (secondary N) is 1. The Morgan fingerprint density at radius 3 is 1.07 bits per heavy atom. The van der Waals surface area contributed by atoms with E-state index in [1.165, 1.54) is 276 Å². The predicted molar refractivity (Wildman–Crippen MR) is 309 cm³/mol. The molecule has 9 nitrogen and oxygen atoms in total. The highest BCUT2D eigenvalue weighted by atomic mass is 16.7. The molecule has 2 unspecified atom stereocenters. The zero-order valence-electron chi connectivity index (χ0n) is 48.4. The lowest BCUT2D eigenvalue weighted by Gasteiger charge is -2.40. The molecule has 1 fully saturated rings. The van der Waals surface area contributed by atoms with E-state index in [-0.39, 0.29) is 12.5 Å². The second-order valence-corrected chi connectivity index (χ2v) is 22.9. The molecule has 0 aliphatic carbocycles. The lowest BCUT2D eigenvalue weighted by molar-refractivity contribution is -0.302. The van der Waals surface area contributed by atoms with Gasteiger partial charge in [-0.2, -0.15) is 0 Å². The molecule has 0 saturated carbocycles. The van der Waals surface area contributed by atoms with E-state index in [1.807, 2.05) is 6.08 Å². The Morgan fingerprint density at radius 2 is 0.753 bits per heavy atom. The minimum absolute atomic E-state index is 0.169. The van der Waals surface area contributed by atoms with Gasteiger partial charge >= 0.3 is 0 Å². The number of amides is 1. The number of rotatable bonds is 57. The van der Waals surface area contributed by atoms with Crippen LogP contribution in [0, 0.1) is 0 Å². The van der Waals surface area contributed by atoms with Gasteiger partial charge in [-0.3, -0.25) is 4.79 Å². The SMILES string of the molecule is CCCCCCCCCCCCCCCCC/C=C/[C@@H](O)[C@H](CO[C@@H]1O[C@H](CO)[C@@H](O)C(O)C1O)NC(=O)CCCCCCCCCCCCCCCCCCCCCCCCCCCCCCCCCCC. The molecule has 434 valence electrons. The first-order valence-corrected chi connectivity index (χ1v) is 32.4. The summed E-state index contributed by atoms with van der Waals surface area (Å²) in [5.74, 6) is -0.169. The molecule has 1 rings (SSSR count). The molecule has 0 radical (unpaired) electrons. The molecular formula is C64H125NO8. The lowest BCUT2D eigenvalue weighted by atomic mass is 9.99. The summed E-state index contributed by atoms with van der Waals surface area (Å²) in [4.78, 5) is 13.1. The van der Waals surface area contributed by atoms with Crippen LogP contribution in [0.2, 0.25) is 0 Å². The molecule has 1 heterocycles. The van der Waals surface area contributed by atoms with Gasteiger partial charge in [0.1, 0.15) is 24.4 Å². The fourth-order valence-electron chi connectivity index (χ4n) is 10.8. The molecular weight excluding hydrogens is 911 g/mol. The molecule has 1 saturated heterocycles. The van der Waals surface area contributed by atoms with Crippen molar-refractivity contribution in [2.24, 2.45) is 0 Å². The summed E-state index contributed by atoms with van der Waals surface area (Å²) in [6.07, 6.45) is 61.7. The molecule has 1 amide bonds. The molecule has 0 aromatic carbocycles. The van der Waals surface area contributed by atoms with Crippen LogP contribution < -0.4 is 5.32 Å². The average molecular weight is 1040 g/mol. The van der Waals surface area contributed by atoms with Gasteiger partial charge < -0.3 is 40.3 Å². The highest BCUT2D eigenvalue weighted by Crippen LogP contribution is 2.23. The first-order valence-electron chi connectivity index (χ1n) is 32.4. The number of hydrogen-bond acceptors (Lipinski definition) is 8. The van der Waals surface area contributed by atoms with Crippen molar-refractivity contribution in [3.05, 3.63) is 12.2 Å². The Morgan fingerprint density at radius 1 is 0.452 bits per heavy atom. The van der Waals surface area contributed by atoms with Crippen LogP contribution >= 0.6 is 0 Å². The van der Waals surface area contributed by atoms with Crippen molar-refractivity contribution in [3.63, 3.8) is 0 Å². The average Bonchev–Trinajstić information content (AvgIpc) is 3.39. The van der Waals surface area contributed by atoms with Crippen molar-refractivity contribution >= 4 is 5.91 Å². The Labute approximate surface area is 452 Å². The Bertz CT molecular complexity index is 1150. The maximum Gasteiger partial charge on any atom is 0.220 e. The van der Waals surface area contributed by atoms with Crippen molar-refractivity contribution in [2.75, 3.05) is 13.2 Å². The normalized spacial score (nSPS) is 19.0. The zero-order valence-corrected chi connectivity index (χ0v) is 48.4. The molecule has 0 aromatic heterocycles. The number of carbonyl (C=O) groups is 1. The molecule has 0 aromatic rings. The van der Waals surface area contributed by atoms with Crippen LogP contribution in [0.1, 0.15) is 335 Å². The van der Waals surface area contributed by atoms with Gasteiger partial charge in [-0.15, -0.1) is 0 Å². The predicted octanol–water partition coefficient (Wildman–Crippen LogP) is 16.7. The standard InChI is InChI=1S/C64H125NO8/c1-3-5-7-9-11-13-15-17-19-21-22-23-24-25-26-27-28-29-30-31-32-33-34-35-36-38-40-42-44-46-48-50-52-54-60(68)65-57(56-72-64-63(71)62(70)61(69)59(55-66)73-64)58(67)53-51-49-47-45-43-41-39-37-20-18-16-14-12-10-8-6-4-2/h51,53,57-59,61-64,66-67,69-71H,3-50,52,54-56H2,1-2H3,(H,65,68)/b53-51+/t57-,58+,59+,61+,62?,63?,64+/m0/s1. The molecule has 9 heteroatoms. The summed E-state index contributed by atoms with van der Waals surface area (Å²) in [6.45, 7) is 3.83. The second-order valence-electron chi connectivity index (χ2n) is 22.9. The van der Waals surface area contributed by atoms with Crippen LogP contribution in [-0.4, -0.2) is 87.5 Å². The summed E-state index contributed by atoms with van der Waals surface area (Å²) in [5.41, 5.74) is 0. The first-order chi connectivity index (χ1) is 35.8. The van der Waals surface area contributed by atoms with Gasteiger partial charge in [-0.1, -0.05) is 321 Å². The summed E-state index contributed by atoms with van der Waals surface area (Å²) >= 11 is 0. The molecule has 1 aliphatic rings. The minimum Gasteiger partial charge on any atom is -0.394 e. The number of unbranched alkanes of at least 4 members (excludes halogenated alkanes) is 47. The van der Waals surface area contributed by atoms with Crippen LogP contribution in [0.25, 0.3) is 0 Å². The van der Waals surface area contributed by atoms with Gasteiger partial charge in [-0.25, -0.2) is 0 Å². The summed E-state index contributed by atoms with van der Waals surface area (Å²) in [6, 6.07) is -0.801. The van der Waals surface area contributed by atoms with Crippen molar-refractivity contribution in [2.45, 2.75) is 378 Å².